The van der Waals surface area contributed by atoms with Gasteiger partial charge in [-0.3, -0.25) is 4.90 Å². The fraction of sp³-hybridized carbons (Fsp3) is 0.750. The van der Waals surface area contributed by atoms with Crippen LogP contribution in [0.3, 0.4) is 0 Å². The summed E-state index contributed by atoms with van der Waals surface area (Å²) in [5.41, 5.74) is 0.392. The number of hydrogen-bond acceptors (Lipinski definition) is 6. The molecule has 1 aliphatic rings. The van der Waals surface area contributed by atoms with E-state index in [0.717, 1.165) is 39.3 Å². The van der Waals surface area contributed by atoms with E-state index in [0.29, 0.717) is 18.0 Å². The second kappa shape index (κ2) is 6.66. The quantitative estimate of drug-likeness (QED) is 0.761. The van der Waals surface area contributed by atoms with Crippen LogP contribution in [0.5, 0.6) is 0 Å². The fourth-order valence-electron chi connectivity index (χ4n) is 2.26. The van der Waals surface area contributed by atoms with E-state index < -0.39 is 10.0 Å². The summed E-state index contributed by atoms with van der Waals surface area (Å²) < 4.78 is 37.0. The van der Waals surface area contributed by atoms with Gasteiger partial charge in [0.25, 0.3) is 0 Å². The Bertz CT molecular complexity index is 515. The molecular weight excluding hydrogens is 282 g/mol. The zero-order valence-corrected chi connectivity index (χ0v) is 12.7. The molecule has 0 aliphatic carbocycles. The second-order valence-electron chi connectivity index (χ2n) is 4.86. The molecule has 0 saturated carbocycles. The van der Waals surface area contributed by atoms with Crippen LogP contribution in [0.15, 0.2) is 9.42 Å². The predicted octanol–water partition coefficient (Wildman–Crippen LogP) is 0.292. The maximum Gasteiger partial charge on any atom is 0.245 e. The molecule has 8 heteroatoms. The molecule has 0 amide bonds. The second-order valence-corrected chi connectivity index (χ2v) is 6.56. The average molecular weight is 303 g/mol. The molecule has 0 radical (unpaired) electrons. The van der Waals surface area contributed by atoms with Crippen molar-refractivity contribution in [1.29, 1.82) is 0 Å². The Hall–Kier alpha value is -0.960. The molecule has 1 aliphatic heterocycles. The number of sulfonamides is 1. The Morgan fingerprint density at radius 1 is 1.30 bits per heavy atom. The molecule has 1 aromatic heterocycles. The highest BCUT2D eigenvalue weighted by molar-refractivity contribution is 7.89. The van der Waals surface area contributed by atoms with Gasteiger partial charge >= 0.3 is 0 Å². The molecule has 0 unspecified atom stereocenters. The van der Waals surface area contributed by atoms with Crippen molar-refractivity contribution >= 4 is 10.0 Å². The number of morpholine rings is 1. The molecule has 0 aromatic carbocycles. The van der Waals surface area contributed by atoms with Gasteiger partial charge in [0.05, 0.1) is 13.2 Å². The third-order valence-electron chi connectivity index (χ3n) is 3.28. The number of rotatable bonds is 6. The number of aryl methyl sites for hydroxylation is 2. The normalized spacial score (nSPS) is 17.5. The minimum atomic E-state index is -3.53. The summed E-state index contributed by atoms with van der Waals surface area (Å²) in [6.07, 6.45) is 0.766. The van der Waals surface area contributed by atoms with Crippen molar-refractivity contribution < 1.29 is 17.7 Å². The van der Waals surface area contributed by atoms with E-state index in [1.54, 1.807) is 13.8 Å². The van der Waals surface area contributed by atoms with Gasteiger partial charge in [0.2, 0.25) is 10.0 Å². The van der Waals surface area contributed by atoms with Crippen molar-refractivity contribution in [3.8, 4) is 0 Å². The summed E-state index contributed by atoms with van der Waals surface area (Å²) in [6, 6.07) is 0. The third-order valence-corrected chi connectivity index (χ3v) is 4.99. The number of hydrogen-bond donors (Lipinski definition) is 1. The Morgan fingerprint density at radius 2 is 2.00 bits per heavy atom. The topological polar surface area (TPSA) is 84.7 Å². The van der Waals surface area contributed by atoms with Crippen LogP contribution in [-0.4, -0.2) is 57.9 Å². The summed E-state index contributed by atoms with van der Waals surface area (Å²) in [5, 5.41) is 3.67. The minimum absolute atomic E-state index is 0.156. The van der Waals surface area contributed by atoms with Crippen LogP contribution in [0.2, 0.25) is 0 Å². The van der Waals surface area contributed by atoms with Gasteiger partial charge in [-0.2, -0.15) is 0 Å². The van der Waals surface area contributed by atoms with E-state index in [1.165, 1.54) is 0 Å². The van der Waals surface area contributed by atoms with Crippen LogP contribution in [0.25, 0.3) is 0 Å². The molecule has 0 atom stereocenters. The average Bonchev–Trinajstić information content (AvgIpc) is 2.76. The molecule has 1 saturated heterocycles. The SMILES string of the molecule is Cc1noc(C)c1S(=O)(=O)NCCCN1CCOCC1. The van der Waals surface area contributed by atoms with Crippen LogP contribution in [-0.2, 0) is 14.8 Å². The molecule has 1 aromatic rings. The van der Waals surface area contributed by atoms with Crippen molar-refractivity contribution in [1.82, 2.24) is 14.8 Å². The minimum Gasteiger partial charge on any atom is -0.379 e. The highest BCUT2D eigenvalue weighted by Gasteiger charge is 2.23. The van der Waals surface area contributed by atoms with Crippen LogP contribution in [0, 0.1) is 13.8 Å². The van der Waals surface area contributed by atoms with Crippen molar-refractivity contribution in [3.05, 3.63) is 11.5 Å². The van der Waals surface area contributed by atoms with Crippen LogP contribution >= 0.6 is 0 Å². The molecule has 0 spiro atoms. The number of ether oxygens (including phenoxy) is 1. The van der Waals surface area contributed by atoms with Gasteiger partial charge in [0, 0.05) is 19.6 Å². The largest absolute Gasteiger partial charge is 0.379 e. The Balaban J connectivity index is 1.81. The highest BCUT2D eigenvalue weighted by atomic mass is 32.2. The van der Waals surface area contributed by atoms with E-state index in [2.05, 4.69) is 14.8 Å². The summed E-state index contributed by atoms with van der Waals surface area (Å²) in [4.78, 5) is 2.43. The lowest BCUT2D eigenvalue weighted by Crippen LogP contribution is -2.38. The van der Waals surface area contributed by atoms with Gasteiger partial charge in [-0.1, -0.05) is 5.16 Å². The Kier molecular flexibility index (Phi) is 5.14. The zero-order chi connectivity index (χ0) is 14.6. The fourth-order valence-corrected chi connectivity index (χ4v) is 3.66. The lowest BCUT2D eigenvalue weighted by Gasteiger charge is -2.26. The molecular formula is C12H21N3O4S. The molecule has 1 N–H and O–H groups in total. The number of aromatic nitrogens is 1. The molecule has 2 rings (SSSR count). The Labute approximate surface area is 119 Å². The van der Waals surface area contributed by atoms with Crippen molar-refractivity contribution in [2.45, 2.75) is 25.2 Å². The molecule has 1 fully saturated rings. The maximum absolute atomic E-state index is 12.1. The first-order chi connectivity index (χ1) is 9.50. The van der Waals surface area contributed by atoms with Gasteiger partial charge in [0.15, 0.2) is 5.76 Å². The lowest BCUT2D eigenvalue weighted by atomic mass is 10.3. The molecule has 114 valence electrons. The molecule has 7 nitrogen and oxygen atoms in total. The summed E-state index contributed by atoms with van der Waals surface area (Å²) >= 11 is 0. The van der Waals surface area contributed by atoms with E-state index in [1.807, 2.05) is 0 Å². The van der Waals surface area contributed by atoms with Crippen molar-refractivity contribution in [2.75, 3.05) is 39.4 Å². The standard InChI is InChI=1S/C12H21N3O4S/c1-10-12(11(2)19-14-10)20(16,17)13-4-3-5-15-6-8-18-9-7-15/h13H,3-9H2,1-2H3. The molecule has 2 heterocycles. The monoisotopic (exact) mass is 303 g/mol. The summed E-state index contributed by atoms with van der Waals surface area (Å²) in [7, 11) is -3.53. The molecule has 0 bridgehead atoms. The van der Waals surface area contributed by atoms with E-state index in [-0.39, 0.29) is 4.90 Å². The van der Waals surface area contributed by atoms with E-state index in [9.17, 15) is 8.42 Å². The van der Waals surface area contributed by atoms with Crippen LogP contribution < -0.4 is 4.72 Å². The van der Waals surface area contributed by atoms with E-state index >= 15 is 0 Å². The van der Waals surface area contributed by atoms with Gasteiger partial charge in [0.1, 0.15) is 10.6 Å². The Morgan fingerprint density at radius 3 is 2.60 bits per heavy atom. The smallest absolute Gasteiger partial charge is 0.245 e. The van der Waals surface area contributed by atoms with Crippen molar-refractivity contribution in [3.63, 3.8) is 0 Å². The van der Waals surface area contributed by atoms with Gasteiger partial charge in [-0.25, -0.2) is 13.1 Å². The van der Waals surface area contributed by atoms with Gasteiger partial charge < -0.3 is 9.26 Å². The first kappa shape index (κ1) is 15.4. The third kappa shape index (κ3) is 3.78. The van der Waals surface area contributed by atoms with Crippen LogP contribution in [0.4, 0.5) is 0 Å². The first-order valence-corrected chi connectivity index (χ1v) is 8.21. The predicted molar refractivity (Wildman–Crippen MR) is 73.0 cm³/mol. The summed E-state index contributed by atoms with van der Waals surface area (Å²) in [5.74, 6) is 0.322. The maximum atomic E-state index is 12.1. The van der Waals surface area contributed by atoms with Crippen LogP contribution in [0.1, 0.15) is 17.9 Å². The zero-order valence-electron chi connectivity index (χ0n) is 11.9. The van der Waals surface area contributed by atoms with E-state index in [4.69, 9.17) is 9.26 Å². The molecule has 20 heavy (non-hydrogen) atoms. The lowest BCUT2D eigenvalue weighted by molar-refractivity contribution is 0.0376. The summed E-state index contributed by atoms with van der Waals surface area (Å²) in [6.45, 7) is 7.83. The highest BCUT2D eigenvalue weighted by Crippen LogP contribution is 2.18. The van der Waals surface area contributed by atoms with Gasteiger partial charge in [-0.15, -0.1) is 0 Å². The van der Waals surface area contributed by atoms with Gasteiger partial charge in [-0.05, 0) is 26.8 Å². The number of nitrogens with zero attached hydrogens (tertiary/aromatic N) is 2. The first-order valence-electron chi connectivity index (χ1n) is 6.73. The number of nitrogens with one attached hydrogen (secondary N) is 1. The van der Waals surface area contributed by atoms with Crippen molar-refractivity contribution in [2.24, 2.45) is 0 Å².